The van der Waals surface area contributed by atoms with Gasteiger partial charge in [-0.25, -0.2) is 9.78 Å². The summed E-state index contributed by atoms with van der Waals surface area (Å²) in [6.45, 7) is -1.10. The summed E-state index contributed by atoms with van der Waals surface area (Å²) in [5, 5.41) is 9.86. The molecular formula is C12H19N2O5PS. The van der Waals surface area contributed by atoms with E-state index < -0.39 is 12.8 Å². The van der Waals surface area contributed by atoms with Gasteiger partial charge in [0.15, 0.2) is 0 Å². The molecule has 118 valence electrons. The largest absolute Gasteiger partial charge is 0.392 e. The van der Waals surface area contributed by atoms with E-state index in [0.29, 0.717) is 6.54 Å². The first kappa shape index (κ1) is 16.7. The lowest BCUT2D eigenvalue weighted by atomic mass is 10.0. The average Bonchev–Trinajstić information content (AvgIpc) is 3.05. The number of aliphatic hydroxyl groups is 1. The topological polar surface area (TPSA) is 105 Å². The van der Waals surface area contributed by atoms with E-state index in [1.54, 1.807) is 12.3 Å². The number of aliphatic hydroxyl groups excluding tert-OH is 1. The van der Waals surface area contributed by atoms with Crippen molar-refractivity contribution in [3.05, 3.63) is 28.9 Å². The fourth-order valence-corrected chi connectivity index (χ4v) is 3.17. The summed E-state index contributed by atoms with van der Waals surface area (Å²) < 4.78 is 6.32. The van der Waals surface area contributed by atoms with Gasteiger partial charge < -0.3 is 19.4 Å². The molecule has 3 N–H and O–H groups in total. The molecule has 2 unspecified atom stereocenters. The van der Waals surface area contributed by atoms with Crippen molar-refractivity contribution in [1.82, 2.24) is 9.55 Å². The van der Waals surface area contributed by atoms with Gasteiger partial charge in [0.25, 0.3) is 0 Å². The molecule has 1 saturated carbocycles. The predicted octanol–water partition coefficient (Wildman–Crippen LogP) is 0.102. The molecule has 0 amide bonds. The molecule has 0 aliphatic heterocycles. The number of nitrogens with zero attached hydrogens (tertiary/aromatic N) is 2. The molecule has 1 aliphatic carbocycles. The maximum Gasteiger partial charge on any atom is 0.347 e. The predicted molar refractivity (Wildman–Crippen MR) is 79.9 cm³/mol. The van der Waals surface area contributed by atoms with Crippen LogP contribution in [-0.2, 0) is 22.9 Å². The lowest BCUT2D eigenvalue weighted by molar-refractivity contribution is 0.201. The Hall–Kier alpha value is -0.630. The van der Waals surface area contributed by atoms with Gasteiger partial charge in [-0.2, -0.15) is 0 Å². The fourth-order valence-electron chi connectivity index (χ4n) is 2.63. The normalized spacial score (nSPS) is 26.6. The molecule has 9 heteroatoms. The van der Waals surface area contributed by atoms with Gasteiger partial charge in [0.2, 0.25) is 0 Å². The van der Waals surface area contributed by atoms with Crippen LogP contribution in [0.1, 0.15) is 13.3 Å². The minimum absolute atomic E-state index is 0.0268. The Morgan fingerprint density at radius 1 is 1.57 bits per heavy atom. The molecule has 4 atom stereocenters. The lowest BCUT2D eigenvalue weighted by Crippen LogP contribution is -2.22. The Labute approximate surface area is 127 Å². The molecule has 0 bridgehead atoms. The van der Waals surface area contributed by atoms with E-state index in [-0.39, 0.29) is 30.1 Å². The van der Waals surface area contributed by atoms with Gasteiger partial charge >= 0.3 is 12.4 Å². The van der Waals surface area contributed by atoms with Crippen LogP contribution in [0.4, 0.5) is 0 Å². The summed E-state index contributed by atoms with van der Waals surface area (Å²) in [5.41, 5.74) is -0.290. The third-order valence-corrected chi connectivity index (χ3v) is 4.69. The van der Waals surface area contributed by atoms with Gasteiger partial charge in [-0.15, -0.1) is 0 Å². The van der Waals surface area contributed by atoms with Crippen molar-refractivity contribution in [1.29, 1.82) is 0 Å². The number of aryl methyl sites for hydroxylation is 1. The molecule has 2 rings (SSSR count). The Balaban J connectivity index is 1.82. The lowest BCUT2D eigenvalue weighted by Gasteiger charge is -2.12. The zero-order valence-electron chi connectivity index (χ0n) is 11.6. The van der Waals surface area contributed by atoms with Gasteiger partial charge in [0, 0.05) is 24.9 Å². The summed E-state index contributed by atoms with van der Waals surface area (Å²) in [5.74, 6) is 0.0714. The zero-order chi connectivity index (χ0) is 15.6. The third-order valence-electron chi connectivity index (χ3n) is 3.89. The second-order valence-corrected chi connectivity index (χ2v) is 8.05. The maximum atomic E-state index is 11.5. The van der Waals surface area contributed by atoms with Crippen molar-refractivity contribution in [2.24, 2.45) is 17.8 Å². The smallest absolute Gasteiger partial charge is 0.347 e. The van der Waals surface area contributed by atoms with E-state index in [0.717, 1.165) is 6.42 Å². The number of rotatable bonds is 7. The van der Waals surface area contributed by atoms with E-state index in [1.807, 2.05) is 6.92 Å². The highest BCUT2D eigenvalue weighted by atomic mass is 32.5. The Morgan fingerprint density at radius 3 is 2.90 bits per heavy atom. The minimum Gasteiger partial charge on any atom is -0.392 e. The number of aromatic nitrogens is 2. The van der Waals surface area contributed by atoms with E-state index in [2.05, 4.69) is 16.8 Å². The molecule has 0 radical (unpaired) electrons. The first-order valence-corrected chi connectivity index (χ1v) is 9.32. The van der Waals surface area contributed by atoms with E-state index in [9.17, 15) is 9.90 Å². The van der Waals surface area contributed by atoms with Crippen molar-refractivity contribution < 1.29 is 19.4 Å². The third kappa shape index (κ3) is 4.67. The SMILES string of the molecule is CC(CCn1cccnc1=O)[C@@H]1C(O)[C@@H]1COP(O)(O)=S. The van der Waals surface area contributed by atoms with Crippen LogP contribution < -0.4 is 5.69 Å². The van der Waals surface area contributed by atoms with Crippen LogP contribution >= 0.6 is 6.72 Å². The molecule has 1 aliphatic rings. The van der Waals surface area contributed by atoms with Crippen LogP contribution in [-0.4, -0.2) is 37.2 Å². The van der Waals surface area contributed by atoms with Gasteiger partial charge in [-0.05, 0) is 36.1 Å². The number of hydrogen-bond acceptors (Lipinski definition) is 5. The molecular weight excluding hydrogens is 315 g/mol. The second kappa shape index (κ2) is 6.64. The molecule has 0 spiro atoms. The Morgan fingerprint density at radius 2 is 2.29 bits per heavy atom. The van der Waals surface area contributed by atoms with E-state index in [1.165, 1.54) is 10.8 Å². The standard InChI is InChI=1S/C12H19N2O5PS/c1-8(3-6-14-5-2-4-13-12(14)16)10-9(11(10)15)7-19-20(17,18)21/h2,4-5,8-11,15H,3,6-7H2,1H3,(H2,17,18,21)/t8?,9-,10+,11?/m1/s1. The summed E-state index contributed by atoms with van der Waals surface area (Å²) in [6, 6.07) is 1.70. The molecule has 1 fully saturated rings. The number of hydrogen-bond donors (Lipinski definition) is 3. The average molecular weight is 334 g/mol. The molecule has 0 aromatic carbocycles. The monoisotopic (exact) mass is 334 g/mol. The Bertz CT molecular complexity index is 589. The highest BCUT2D eigenvalue weighted by Gasteiger charge is 2.52. The van der Waals surface area contributed by atoms with Crippen molar-refractivity contribution >= 4 is 18.5 Å². The van der Waals surface area contributed by atoms with Crippen molar-refractivity contribution in [3.8, 4) is 0 Å². The van der Waals surface area contributed by atoms with Gasteiger partial charge in [0.05, 0.1) is 12.7 Å². The van der Waals surface area contributed by atoms with E-state index >= 15 is 0 Å². The quantitative estimate of drug-likeness (QED) is 0.608. The summed E-state index contributed by atoms with van der Waals surface area (Å²) >= 11 is 4.38. The van der Waals surface area contributed by atoms with Crippen LogP contribution in [0.3, 0.4) is 0 Å². The summed E-state index contributed by atoms with van der Waals surface area (Å²) in [7, 11) is 0. The maximum absolute atomic E-state index is 11.5. The zero-order valence-corrected chi connectivity index (χ0v) is 13.3. The highest BCUT2D eigenvalue weighted by molar-refractivity contribution is 8.06. The molecule has 21 heavy (non-hydrogen) atoms. The van der Waals surface area contributed by atoms with Crippen LogP contribution in [0.25, 0.3) is 0 Å². The van der Waals surface area contributed by atoms with Gasteiger partial charge in [-0.1, -0.05) is 6.92 Å². The molecule has 0 saturated heterocycles. The first-order chi connectivity index (χ1) is 9.79. The van der Waals surface area contributed by atoms with E-state index in [4.69, 9.17) is 14.3 Å². The first-order valence-electron chi connectivity index (χ1n) is 6.69. The van der Waals surface area contributed by atoms with Crippen LogP contribution in [0.2, 0.25) is 0 Å². The van der Waals surface area contributed by atoms with Crippen molar-refractivity contribution in [2.45, 2.75) is 26.0 Å². The van der Waals surface area contributed by atoms with Crippen molar-refractivity contribution in [3.63, 3.8) is 0 Å². The van der Waals surface area contributed by atoms with Crippen LogP contribution in [0.5, 0.6) is 0 Å². The van der Waals surface area contributed by atoms with Crippen molar-refractivity contribution in [2.75, 3.05) is 6.61 Å². The minimum atomic E-state index is -3.66. The highest BCUT2D eigenvalue weighted by Crippen LogP contribution is 2.48. The molecule has 7 nitrogen and oxygen atoms in total. The molecule has 1 aromatic heterocycles. The summed E-state index contributed by atoms with van der Waals surface area (Å²) in [4.78, 5) is 33.2. The molecule has 1 aromatic rings. The fraction of sp³-hybridized carbons (Fsp3) is 0.667. The molecule has 1 heterocycles. The van der Waals surface area contributed by atoms with Crippen LogP contribution in [0.15, 0.2) is 23.3 Å². The Kier molecular flexibility index (Phi) is 5.29. The summed E-state index contributed by atoms with van der Waals surface area (Å²) in [6.07, 6.45) is 3.33. The van der Waals surface area contributed by atoms with Gasteiger partial charge in [0.1, 0.15) is 0 Å². The van der Waals surface area contributed by atoms with Crippen LogP contribution in [0, 0.1) is 17.8 Å². The second-order valence-electron chi connectivity index (χ2n) is 5.38. The van der Waals surface area contributed by atoms with Gasteiger partial charge in [-0.3, -0.25) is 4.57 Å².